The number of carbonyl (C=O) groups excluding carboxylic acids is 1. The van der Waals surface area contributed by atoms with Gasteiger partial charge in [-0.1, -0.05) is 12.1 Å². The molecular weight excluding hydrogens is 192 g/mol. The summed E-state index contributed by atoms with van der Waals surface area (Å²) >= 11 is 0. The van der Waals surface area contributed by atoms with E-state index < -0.39 is 6.61 Å². The second-order valence-corrected chi connectivity index (χ2v) is 2.43. The lowest BCUT2D eigenvalue weighted by molar-refractivity contribution is -0.0498. The van der Waals surface area contributed by atoms with Crippen LogP contribution in [0.4, 0.5) is 8.78 Å². The zero-order chi connectivity index (χ0) is 10.4. The molecule has 0 fully saturated rings. The smallest absolute Gasteiger partial charge is 0.387 e. The highest BCUT2D eigenvalue weighted by molar-refractivity contribution is 5.34. The highest BCUT2D eigenvalue weighted by Crippen LogP contribution is 2.15. The summed E-state index contributed by atoms with van der Waals surface area (Å²) in [5.74, 6) is 0.0823. The van der Waals surface area contributed by atoms with Gasteiger partial charge in [-0.2, -0.15) is 8.78 Å². The molecule has 0 aromatic heterocycles. The molecule has 3 nitrogen and oxygen atoms in total. The summed E-state index contributed by atoms with van der Waals surface area (Å²) in [6.07, 6.45) is 1.39. The Kier molecular flexibility index (Phi) is 3.76. The predicted molar refractivity (Wildman–Crippen MR) is 44.9 cm³/mol. The lowest BCUT2D eigenvalue weighted by atomic mass is 10.2. The Hall–Kier alpha value is -1.74. The third-order valence-electron chi connectivity index (χ3n) is 1.47. The van der Waals surface area contributed by atoms with Crippen molar-refractivity contribution in [2.75, 3.05) is 0 Å². The number of rotatable bonds is 4. The van der Waals surface area contributed by atoms with Crippen LogP contribution in [-0.2, 0) is 11.3 Å². The molecular formula is C9H7F2NO2. The van der Waals surface area contributed by atoms with Crippen LogP contribution >= 0.6 is 0 Å². The van der Waals surface area contributed by atoms with Crippen LogP contribution in [0.1, 0.15) is 5.56 Å². The number of isocyanates is 1. The van der Waals surface area contributed by atoms with E-state index in [4.69, 9.17) is 0 Å². The van der Waals surface area contributed by atoms with Gasteiger partial charge in [-0.15, -0.1) is 0 Å². The van der Waals surface area contributed by atoms with E-state index in [1.54, 1.807) is 12.1 Å². The van der Waals surface area contributed by atoms with Crippen molar-refractivity contribution in [3.05, 3.63) is 29.8 Å². The molecule has 0 N–H and O–H groups in total. The molecule has 0 aliphatic heterocycles. The molecule has 74 valence electrons. The van der Waals surface area contributed by atoms with Crippen molar-refractivity contribution in [3.8, 4) is 5.75 Å². The van der Waals surface area contributed by atoms with Crippen LogP contribution in [0.25, 0.3) is 0 Å². The minimum Gasteiger partial charge on any atom is -0.435 e. The van der Waals surface area contributed by atoms with E-state index in [-0.39, 0.29) is 12.3 Å². The molecule has 0 aliphatic carbocycles. The quantitative estimate of drug-likeness (QED) is 0.550. The minimum atomic E-state index is -2.83. The Balaban J connectivity index is 2.63. The van der Waals surface area contributed by atoms with Crippen molar-refractivity contribution < 1.29 is 18.3 Å². The average Bonchev–Trinajstić information content (AvgIpc) is 2.16. The van der Waals surface area contributed by atoms with E-state index in [0.717, 1.165) is 5.56 Å². The Morgan fingerprint density at radius 2 is 2.00 bits per heavy atom. The molecule has 0 bridgehead atoms. The first-order valence-corrected chi connectivity index (χ1v) is 3.80. The van der Waals surface area contributed by atoms with Gasteiger partial charge in [-0.05, 0) is 17.7 Å². The lowest BCUT2D eigenvalue weighted by Crippen LogP contribution is -2.01. The molecule has 5 heteroatoms. The molecule has 0 unspecified atom stereocenters. The molecule has 1 rings (SSSR count). The van der Waals surface area contributed by atoms with Crippen LogP contribution < -0.4 is 4.74 Å². The number of aliphatic imine (C=N–C) groups is 1. The molecule has 0 amide bonds. The highest BCUT2D eigenvalue weighted by atomic mass is 19.3. The van der Waals surface area contributed by atoms with Gasteiger partial charge in [0.05, 0.1) is 6.54 Å². The molecule has 1 aromatic rings. The number of alkyl halides is 2. The minimum absolute atomic E-state index is 0.0823. The van der Waals surface area contributed by atoms with Crippen molar-refractivity contribution in [1.29, 1.82) is 0 Å². The number of hydrogen-bond acceptors (Lipinski definition) is 3. The zero-order valence-corrected chi connectivity index (χ0v) is 7.11. The summed E-state index contributed by atoms with van der Waals surface area (Å²) in [4.78, 5) is 13.1. The third-order valence-corrected chi connectivity index (χ3v) is 1.47. The molecule has 0 aliphatic rings. The molecule has 0 spiro atoms. The van der Waals surface area contributed by atoms with Crippen molar-refractivity contribution in [2.45, 2.75) is 13.2 Å². The van der Waals surface area contributed by atoms with Crippen molar-refractivity contribution in [1.82, 2.24) is 0 Å². The normalized spacial score (nSPS) is 9.64. The molecule has 1 aromatic carbocycles. The van der Waals surface area contributed by atoms with E-state index in [9.17, 15) is 13.6 Å². The van der Waals surface area contributed by atoms with Crippen molar-refractivity contribution >= 4 is 6.08 Å². The van der Waals surface area contributed by atoms with Gasteiger partial charge in [0.15, 0.2) is 0 Å². The summed E-state index contributed by atoms with van der Waals surface area (Å²) in [6, 6.07) is 5.89. The Bertz CT molecular complexity index is 331. The fourth-order valence-corrected chi connectivity index (χ4v) is 0.900. The van der Waals surface area contributed by atoms with Crippen LogP contribution in [0.3, 0.4) is 0 Å². The van der Waals surface area contributed by atoms with Crippen molar-refractivity contribution in [2.24, 2.45) is 4.99 Å². The van der Waals surface area contributed by atoms with Gasteiger partial charge in [0, 0.05) is 0 Å². The van der Waals surface area contributed by atoms with E-state index >= 15 is 0 Å². The number of halogens is 2. The topological polar surface area (TPSA) is 38.7 Å². The first-order chi connectivity index (χ1) is 6.72. The Morgan fingerprint density at radius 1 is 1.36 bits per heavy atom. The molecule has 14 heavy (non-hydrogen) atoms. The van der Waals surface area contributed by atoms with Crippen LogP contribution in [0, 0.1) is 0 Å². The third kappa shape index (κ3) is 3.33. The second-order valence-electron chi connectivity index (χ2n) is 2.43. The average molecular weight is 199 g/mol. The van der Waals surface area contributed by atoms with E-state index in [1.807, 2.05) is 0 Å². The fraction of sp³-hybridized carbons (Fsp3) is 0.222. The van der Waals surface area contributed by atoms with Gasteiger partial charge in [0.1, 0.15) is 5.75 Å². The van der Waals surface area contributed by atoms with E-state index in [1.165, 1.54) is 18.2 Å². The summed E-state index contributed by atoms with van der Waals surface area (Å²) in [5.41, 5.74) is 0.731. The summed E-state index contributed by atoms with van der Waals surface area (Å²) < 4.78 is 27.6. The standard InChI is InChI=1S/C9H7F2NO2/c10-9(11)14-8-3-1-7(2-4-8)5-12-6-13/h1-4,9H,5H2. The van der Waals surface area contributed by atoms with Crippen LogP contribution in [0.5, 0.6) is 5.75 Å². The molecule has 0 saturated heterocycles. The maximum absolute atomic E-state index is 11.7. The second kappa shape index (κ2) is 5.09. The van der Waals surface area contributed by atoms with Crippen LogP contribution in [0.2, 0.25) is 0 Å². The molecule has 0 atom stereocenters. The number of benzene rings is 1. The van der Waals surface area contributed by atoms with Crippen molar-refractivity contribution in [3.63, 3.8) is 0 Å². The van der Waals surface area contributed by atoms with Crippen LogP contribution in [-0.4, -0.2) is 12.7 Å². The van der Waals surface area contributed by atoms with Gasteiger partial charge in [-0.3, -0.25) is 0 Å². The fourth-order valence-electron chi connectivity index (χ4n) is 0.900. The van der Waals surface area contributed by atoms with Gasteiger partial charge in [-0.25, -0.2) is 9.79 Å². The highest BCUT2D eigenvalue weighted by Gasteiger charge is 2.02. The first-order valence-electron chi connectivity index (χ1n) is 3.80. The number of hydrogen-bond donors (Lipinski definition) is 0. The Morgan fingerprint density at radius 3 is 2.50 bits per heavy atom. The summed E-state index contributed by atoms with van der Waals surface area (Å²) in [7, 11) is 0. The maximum Gasteiger partial charge on any atom is 0.387 e. The number of ether oxygens (including phenoxy) is 1. The zero-order valence-electron chi connectivity index (χ0n) is 7.11. The van der Waals surface area contributed by atoms with Gasteiger partial charge in [0.2, 0.25) is 6.08 Å². The molecule has 0 saturated carbocycles. The lowest BCUT2D eigenvalue weighted by Gasteiger charge is -2.03. The first kappa shape index (κ1) is 10.3. The molecule has 0 radical (unpaired) electrons. The van der Waals surface area contributed by atoms with Gasteiger partial charge < -0.3 is 4.74 Å². The maximum atomic E-state index is 11.7. The largest absolute Gasteiger partial charge is 0.435 e. The summed E-state index contributed by atoms with van der Waals surface area (Å²) in [5, 5.41) is 0. The molecule has 0 heterocycles. The summed E-state index contributed by atoms with van der Waals surface area (Å²) in [6.45, 7) is -2.63. The van der Waals surface area contributed by atoms with E-state index in [2.05, 4.69) is 9.73 Å². The van der Waals surface area contributed by atoms with Crippen LogP contribution in [0.15, 0.2) is 29.3 Å². The SMILES string of the molecule is O=C=NCc1ccc(OC(F)F)cc1. The Labute approximate surface area is 79.0 Å². The number of nitrogens with zero attached hydrogens (tertiary/aromatic N) is 1. The van der Waals surface area contributed by atoms with E-state index in [0.29, 0.717) is 0 Å². The monoisotopic (exact) mass is 199 g/mol. The predicted octanol–water partition coefficient (Wildman–Crippen LogP) is 2.12. The van der Waals surface area contributed by atoms with Gasteiger partial charge in [0.25, 0.3) is 0 Å². The van der Waals surface area contributed by atoms with Gasteiger partial charge >= 0.3 is 6.61 Å².